The van der Waals surface area contributed by atoms with Crippen molar-refractivity contribution in [1.82, 2.24) is 0 Å². The van der Waals surface area contributed by atoms with E-state index in [9.17, 15) is 0 Å². The molecule has 0 spiro atoms. The Morgan fingerprint density at radius 3 is 2.75 bits per heavy atom. The van der Waals surface area contributed by atoms with E-state index in [4.69, 9.17) is 10.8 Å². The fourth-order valence-corrected chi connectivity index (χ4v) is 1.25. The standard InChI is InChI=1S/C10H15NO/c1-8-7-10(12)5-4-9(8)3-2-6-11/h4-5,7,12H,2-3,6,11H2,1H3. The van der Waals surface area contributed by atoms with Gasteiger partial charge < -0.3 is 10.8 Å². The molecule has 0 aliphatic heterocycles. The summed E-state index contributed by atoms with van der Waals surface area (Å²) in [7, 11) is 0. The van der Waals surface area contributed by atoms with Gasteiger partial charge in [0.1, 0.15) is 5.75 Å². The van der Waals surface area contributed by atoms with E-state index in [2.05, 4.69) is 0 Å². The Kier molecular flexibility index (Phi) is 3.11. The predicted molar refractivity (Wildman–Crippen MR) is 50.2 cm³/mol. The smallest absolute Gasteiger partial charge is 0.115 e. The maximum atomic E-state index is 9.14. The topological polar surface area (TPSA) is 46.2 Å². The van der Waals surface area contributed by atoms with Gasteiger partial charge in [-0.25, -0.2) is 0 Å². The van der Waals surface area contributed by atoms with Gasteiger partial charge in [-0.2, -0.15) is 0 Å². The van der Waals surface area contributed by atoms with Crippen molar-refractivity contribution in [2.75, 3.05) is 6.54 Å². The lowest BCUT2D eigenvalue weighted by Gasteiger charge is -2.04. The summed E-state index contributed by atoms with van der Waals surface area (Å²) in [6.07, 6.45) is 2.01. The molecule has 1 aromatic rings. The number of nitrogens with two attached hydrogens (primary N) is 1. The second kappa shape index (κ2) is 4.12. The van der Waals surface area contributed by atoms with Crippen LogP contribution in [0.4, 0.5) is 0 Å². The Hall–Kier alpha value is -1.02. The molecule has 0 amide bonds. The normalized spacial score (nSPS) is 10.2. The minimum Gasteiger partial charge on any atom is -0.508 e. The van der Waals surface area contributed by atoms with Gasteiger partial charge >= 0.3 is 0 Å². The number of hydrogen-bond acceptors (Lipinski definition) is 2. The van der Waals surface area contributed by atoms with Crippen LogP contribution in [-0.4, -0.2) is 11.7 Å². The first kappa shape index (κ1) is 9.07. The minimum atomic E-state index is 0.337. The van der Waals surface area contributed by atoms with Gasteiger partial charge in [0.25, 0.3) is 0 Å². The van der Waals surface area contributed by atoms with Gasteiger partial charge in [0.2, 0.25) is 0 Å². The molecule has 0 bridgehead atoms. The summed E-state index contributed by atoms with van der Waals surface area (Å²) in [4.78, 5) is 0. The van der Waals surface area contributed by atoms with Crippen LogP contribution in [0.25, 0.3) is 0 Å². The van der Waals surface area contributed by atoms with Gasteiger partial charge in [0, 0.05) is 0 Å². The molecule has 0 heterocycles. The third-order valence-electron chi connectivity index (χ3n) is 1.98. The summed E-state index contributed by atoms with van der Waals surface area (Å²) in [6, 6.07) is 5.46. The van der Waals surface area contributed by atoms with Crippen molar-refractivity contribution in [2.45, 2.75) is 19.8 Å². The van der Waals surface area contributed by atoms with Crippen LogP contribution in [-0.2, 0) is 6.42 Å². The maximum absolute atomic E-state index is 9.14. The van der Waals surface area contributed by atoms with Gasteiger partial charge in [0.15, 0.2) is 0 Å². The molecule has 0 fully saturated rings. The van der Waals surface area contributed by atoms with E-state index in [1.165, 1.54) is 5.56 Å². The SMILES string of the molecule is Cc1cc(O)ccc1CCCN. The highest BCUT2D eigenvalue weighted by atomic mass is 16.3. The van der Waals surface area contributed by atoms with Crippen molar-refractivity contribution < 1.29 is 5.11 Å². The summed E-state index contributed by atoms with van der Waals surface area (Å²) in [5.74, 6) is 0.337. The fourth-order valence-electron chi connectivity index (χ4n) is 1.25. The zero-order valence-electron chi connectivity index (χ0n) is 7.38. The van der Waals surface area contributed by atoms with E-state index in [1.54, 1.807) is 12.1 Å². The average Bonchev–Trinajstić information content (AvgIpc) is 2.03. The molecule has 1 aromatic carbocycles. The monoisotopic (exact) mass is 165 g/mol. The molecule has 1 rings (SSSR count). The molecule has 3 N–H and O–H groups in total. The van der Waals surface area contributed by atoms with Crippen molar-refractivity contribution in [1.29, 1.82) is 0 Å². The van der Waals surface area contributed by atoms with Crippen molar-refractivity contribution >= 4 is 0 Å². The van der Waals surface area contributed by atoms with E-state index in [1.807, 2.05) is 13.0 Å². The molecule has 0 saturated carbocycles. The third kappa shape index (κ3) is 2.24. The molecular weight excluding hydrogens is 150 g/mol. The van der Waals surface area contributed by atoms with Crippen LogP contribution in [0.3, 0.4) is 0 Å². The predicted octanol–water partition coefficient (Wildman–Crippen LogP) is 1.59. The van der Waals surface area contributed by atoms with Crippen LogP contribution < -0.4 is 5.73 Å². The zero-order chi connectivity index (χ0) is 8.97. The Morgan fingerprint density at radius 2 is 2.17 bits per heavy atom. The number of phenols is 1. The van der Waals surface area contributed by atoms with Crippen LogP contribution in [0.5, 0.6) is 5.75 Å². The quantitative estimate of drug-likeness (QED) is 0.714. The van der Waals surface area contributed by atoms with E-state index in [-0.39, 0.29) is 0 Å². The van der Waals surface area contributed by atoms with Gasteiger partial charge in [-0.1, -0.05) is 6.07 Å². The molecule has 0 radical (unpaired) electrons. The summed E-state index contributed by atoms with van der Waals surface area (Å²) in [5, 5.41) is 9.14. The Bertz CT molecular complexity index is 258. The highest BCUT2D eigenvalue weighted by Crippen LogP contribution is 2.16. The van der Waals surface area contributed by atoms with E-state index in [0.29, 0.717) is 5.75 Å². The molecule has 66 valence electrons. The lowest BCUT2D eigenvalue weighted by Crippen LogP contribution is -2.01. The fraction of sp³-hybridized carbons (Fsp3) is 0.400. The zero-order valence-corrected chi connectivity index (χ0v) is 7.38. The van der Waals surface area contributed by atoms with Crippen LogP contribution in [0.15, 0.2) is 18.2 Å². The van der Waals surface area contributed by atoms with Crippen molar-refractivity contribution in [3.8, 4) is 5.75 Å². The van der Waals surface area contributed by atoms with Crippen LogP contribution in [0.1, 0.15) is 17.5 Å². The molecule has 0 aliphatic carbocycles. The lowest BCUT2D eigenvalue weighted by molar-refractivity contribution is 0.474. The molecule has 0 unspecified atom stereocenters. The molecule has 2 heteroatoms. The Morgan fingerprint density at radius 1 is 1.42 bits per heavy atom. The van der Waals surface area contributed by atoms with Gasteiger partial charge in [-0.3, -0.25) is 0 Å². The van der Waals surface area contributed by atoms with Gasteiger partial charge in [-0.15, -0.1) is 0 Å². The average molecular weight is 165 g/mol. The summed E-state index contributed by atoms with van der Waals surface area (Å²) in [5.41, 5.74) is 7.83. The van der Waals surface area contributed by atoms with E-state index < -0.39 is 0 Å². The van der Waals surface area contributed by atoms with Crippen LogP contribution in [0, 0.1) is 6.92 Å². The third-order valence-corrected chi connectivity index (χ3v) is 1.98. The van der Waals surface area contributed by atoms with Crippen LogP contribution >= 0.6 is 0 Å². The van der Waals surface area contributed by atoms with Crippen molar-refractivity contribution in [3.05, 3.63) is 29.3 Å². The first-order valence-corrected chi connectivity index (χ1v) is 4.22. The highest BCUT2D eigenvalue weighted by Gasteiger charge is 1.97. The van der Waals surface area contributed by atoms with Gasteiger partial charge in [-0.05, 0) is 49.6 Å². The van der Waals surface area contributed by atoms with Crippen molar-refractivity contribution in [3.63, 3.8) is 0 Å². The molecular formula is C10H15NO. The molecule has 0 aliphatic rings. The minimum absolute atomic E-state index is 0.337. The summed E-state index contributed by atoms with van der Waals surface area (Å²) in [6.45, 7) is 2.73. The Labute approximate surface area is 73.0 Å². The number of phenolic OH excluding ortho intramolecular Hbond substituents is 1. The van der Waals surface area contributed by atoms with Crippen LogP contribution in [0.2, 0.25) is 0 Å². The first-order valence-electron chi connectivity index (χ1n) is 4.22. The summed E-state index contributed by atoms with van der Waals surface area (Å²) >= 11 is 0. The lowest BCUT2D eigenvalue weighted by atomic mass is 10.0. The highest BCUT2D eigenvalue weighted by molar-refractivity contribution is 5.33. The molecule has 12 heavy (non-hydrogen) atoms. The van der Waals surface area contributed by atoms with E-state index in [0.717, 1.165) is 24.9 Å². The number of aromatic hydroxyl groups is 1. The molecule has 0 aromatic heterocycles. The Balaban J connectivity index is 2.72. The first-order chi connectivity index (χ1) is 5.74. The summed E-state index contributed by atoms with van der Waals surface area (Å²) < 4.78 is 0. The number of aryl methyl sites for hydroxylation is 2. The van der Waals surface area contributed by atoms with Crippen molar-refractivity contribution in [2.24, 2.45) is 5.73 Å². The molecule has 0 saturated heterocycles. The number of hydrogen-bond donors (Lipinski definition) is 2. The maximum Gasteiger partial charge on any atom is 0.115 e. The number of rotatable bonds is 3. The number of benzene rings is 1. The largest absolute Gasteiger partial charge is 0.508 e. The molecule has 2 nitrogen and oxygen atoms in total. The molecule has 0 atom stereocenters. The second-order valence-electron chi connectivity index (χ2n) is 3.00. The second-order valence-corrected chi connectivity index (χ2v) is 3.00. The van der Waals surface area contributed by atoms with E-state index >= 15 is 0 Å². The van der Waals surface area contributed by atoms with Gasteiger partial charge in [0.05, 0.1) is 0 Å².